The van der Waals surface area contributed by atoms with Gasteiger partial charge in [-0.05, 0) is 44.5 Å². The zero-order valence-corrected chi connectivity index (χ0v) is 15.1. The number of hydrogen-bond donors (Lipinski definition) is 1. The number of nitrogens with zero attached hydrogens (tertiary/aromatic N) is 2. The zero-order chi connectivity index (χ0) is 17.3. The molecular formula is C17H21Cl2N3O2. The van der Waals surface area contributed by atoms with Crippen LogP contribution in [0.25, 0.3) is 0 Å². The predicted octanol–water partition coefficient (Wildman–Crippen LogP) is 2.56. The second-order valence-electron chi connectivity index (χ2n) is 6.34. The van der Waals surface area contributed by atoms with E-state index < -0.39 is 5.92 Å². The molecule has 2 saturated heterocycles. The molecule has 2 heterocycles. The number of anilines is 1. The number of amides is 2. The van der Waals surface area contributed by atoms with Crippen LogP contribution in [0.2, 0.25) is 10.0 Å². The Balaban J connectivity index is 1.71. The second-order valence-corrected chi connectivity index (χ2v) is 7.16. The van der Waals surface area contributed by atoms with Crippen molar-refractivity contribution in [3.05, 3.63) is 28.2 Å². The summed E-state index contributed by atoms with van der Waals surface area (Å²) in [5, 5.41) is 4.08. The molecule has 1 aromatic carbocycles. The van der Waals surface area contributed by atoms with Gasteiger partial charge in [-0.15, -0.1) is 0 Å². The summed E-state index contributed by atoms with van der Waals surface area (Å²) in [4.78, 5) is 29.0. The number of benzene rings is 1. The van der Waals surface area contributed by atoms with Gasteiger partial charge in [0.1, 0.15) is 5.92 Å². The highest BCUT2D eigenvalue weighted by Gasteiger charge is 2.40. The van der Waals surface area contributed by atoms with Crippen molar-refractivity contribution >= 4 is 40.7 Å². The average molecular weight is 370 g/mol. The topological polar surface area (TPSA) is 52.7 Å². The smallest absolute Gasteiger partial charge is 0.239 e. The van der Waals surface area contributed by atoms with E-state index in [4.69, 9.17) is 23.2 Å². The molecule has 2 aliphatic heterocycles. The van der Waals surface area contributed by atoms with Crippen LogP contribution in [-0.4, -0.2) is 49.4 Å². The lowest BCUT2D eigenvalue weighted by molar-refractivity contribution is -0.140. The molecule has 7 heteroatoms. The van der Waals surface area contributed by atoms with Crippen molar-refractivity contribution in [1.29, 1.82) is 0 Å². The van der Waals surface area contributed by atoms with Crippen LogP contribution in [0.1, 0.15) is 19.3 Å². The summed E-state index contributed by atoms with van der Waals surface area (Å²) in [6, 6.07) is 5.41. The summed E-state index contributed by atoms with van der Waals surface area (Å²) in [5.74, 6) is -0.789. The fraction of sp³-hybridized carbons (Fsp3) is 0.529. The average Bonchev–Trinajstić information content (AvgIpc) is 2.98. The van der Waals surface area contributed by atoms with Crippen molar-refractivity contribution < 1.29 is 9.59 Å². The molecule has 0 saturated carbocycles. The van der Waals surface area contributed by atoms with Crippen molar-refractivity contribution in [1.82, 2.24) is 10.2 Å². The highest BCUT2D eigenvalue weighted by molar-refractivity contribution is 6.42. The van der Waals surface area contributed by atoms with Crippen molar-refractivity contribution in [3.8, 4) is 0 Å². The Morgan fingerprint density at radius 3 is 2.71 bits per heavy atom. The Labute approximate surface area is 151 Å². The van der Waals surface area contributed by atoms with Gasteiger partial charge in [0.05, 0.1) is 10.0 Å². The number of piperidine rings is 1. The van der Waals surface area contributed by atoms with Crippen LogP contribution in [-0.2, 0) is 9.59 Å². The fourth-order valence-corrected chi connectivity index (χ4v) is 3.74. The molecule has 2 fully saturated rings. The van der Waals surface area contributed by atoms with E-state index in [1.807, 2.05) is 11.9 Å². The van der Waals surface area contributed by atoms with Crippen LogP contribution in [0.5, 0.6) is 0 Å². The van der Waals surface area contributed by atoms with Crippen molar-refractivity contribution in [3.63, 3.8) is 0 Å². The largest absolute Gasteiger partial charge is 0.340 e. The van der Waals surface area contributed by atoms with Gasteiger partial charge in [-0.1, -0.05) is 23.2 Å². The molecule has 0 spiro atoms. The van der Waals surface area contributed by atoms with E-state index in [-0.39, 0.29) is 11.8 Å². The number of likely N-dealkylation sites (N-methyl/N-ethyl adjacent to an activating group) is 1. The predicted molar refractivity (Wildman–Crippen MR) is 95.6 cm³/mol. The summed E-state index contributed by atoms with van der Waals surface area (Å²) in [5.41, 5.74) is 0.691. The molecule has 2 unspecified atom stereocenters. The molecule has 2 atom stereocenters. The van der Waals surface area contributed by atoms with E-state index in [0.29, 0.717) is 41.3 Å². The first-order valence-electron chi connectivity index (χ1n) is 8.23. The van der Waals surface area contributed by atoms with E-state index in [2.05, 4.69) is 5.32 Å². The summed E-state index contributed by atoms with van der Waals surface area (Å²) in [6.45, 7) is 1.93. The normalized spacial score (nSPS) is 24.5. The minimum Gasteiger partial charge on any atom is -0.340 e. The van der Waals surface area contributed by atoms with Crippen LogP contribution in [0.15, 0.2) is 18.2 Å². The number of carbonyl (C=O) groups is 2. The summed E-state index contributed by atoms with van der Waals surface area (Å²) in [7, 11) is 1.91. The van der Waals surface area contributed by atoms with E-state index >= 15 is 0 Å². The summed E-state index contributed by atoms with van der Waals surface area (Å²) < 4.78 is 0. The summed E-state index contributed by atoms with van der Waals surface area (Å²) >= 11 is 12.0. The molecule has 0 bridgehead atoms. The maximum atomic E-state index is 12.8. The standard InChI is InChI=1S/C17H21Cl2N3O2/c1-20-11-3-2-7-21(10-11)16(23)13-6-8-22(17(13)24)12-4-5-14(18)15(19)9-12/h4-5,9,11,13,20H,2-3,6-8,10H2,1H3. The lowest BCUT2D eigenvalue weighted by Gasteiger charge is -2.33. The molecule has 130 valence electrons. The number of rotatable bonds is 3. The maximum absolute atomic E-state index is 12.8. The molecule has 2 aliphatic rings. The maximum Gasteiger partial charge on any atom is 0.239 e. The number of hydrogen-bond acceptors (Lipinski definition) is 3. The van der Waals surface area contributed by atoms with Crippen LogP contribution < -0.4 is 10.2 Å². The Bertz CT molecular complexity index is 653. The highest BCUT2D eigenvalue weighted by Crippen LogP contribution is 2.32. The molecule has 3 rings (SSSR count). The monoisotopic (exact) mass is 369 g/mol. The first kappa shape index (κ1) is 17.5. The van der Waals surface area contributed by atoms with Crippen molar-refractivity contribution in [2.24, 2.45) is 5.92 Å². The third-order valence-corrected chi connectivity index (χ3v) is 5.60. The third kappa shape index (κ3) is 3.39. The molecule has 1 N–H and O–H groups in total. The molecule has 0 aliphatic carbocycles. The summed E-state index contributed by atoms with van der Waals surface area (Å²) in [6.07, 6.45) is 2.57. The molecule has 5 nitrogen and oxygen atoms in total. The van der Waals surface area contributed by atoms with E-state index in [9.17, 15) is 9.59 Å². The van der Waals surface area contributed by atoms with E-state index in [1.54, 1.807) is 23.1 Å². The molecular weight excluding hydrogens is 349 g/mol. The molecule has 2 amide bonds. The molecule has 1 aromatic rings. The van der Waals surface area contributed by atoms with E-state index in [0.717, 1.165) is 19.4 Å². The Morgan fingerprint density at radius 2 is 2.00 bits per heavy atom. The van der Waals surface area contributed by atoms with Gasteiger partial charge in [-0.25, -0.2) is 0 Å². The third-order valence-electron chi connectivity index (χ3n) is 4.86. The van der Waals surface area contributed by atoms with Gasteiger partial charge in [-0.2, -0.15) is 0 Å². The van der Waals surface area contributed by atoms with Crippen molar-refractivity contribution in [2.75, 3.05) is 31.6 Å². The quantitative estimate of drug-likeness (QED) is 0.833. The number of carbonyl (C=O) groups excluding carboxylic acids is 2. The Kier molecular flexibility index (Phi) is 5.33. The van der Waals surface area contributed by atoms with Crippen LogP contribution >= 0.6 is 23.2 Å². The van der Waals surface area contributed by atoms with Crippen LogP contribution in [0.3, 0.4) is 0 Å². The van der Waals surface area contributed by atoms with Gasteiger partial charge in [0.15, 0.2) is 0 Å². The lowest BCUT2D eigenvalue weighted by atomic mass is 10.0. The Hall–Kier alpha value is -1.30. The van der Waals surface area contributed by atoms with Gasteiger partial charge in [0.25, 0.3) is 0 Å². The molecule has 0 aromatic heterocycles. The van der Waals surface area contributed by atoms with Crippen LogP contribution in [0.4, 0.5) is 5.69 Å². The zero-order valence-electron chi connectivity index (χ0n) is 13.6. The number of halogens is 2. The van der Waals surface area contributed by atoms with E-state index in [1.165, 1.54) is 0 Å². The SMILES string of the molecule is CNC1CCCN(C(=O)C2CCN(c3ccc(Cl)c(Cl)c3)C2=O)C1. The van der Waals surface area contributed by atoms with Gasteiger partial charge in [0.2, 0.25) is 11.8 Å². The minimum atomic E-state index is -0.588. The van der Waals surface area contributed by atoms with Gasteiger partial charge in [-0.3, -0.25) is 9.59 Å². The second kappa shape index (κ2) is 7.30. The van der Waals surface area contributed by atoms with Crippen LogP contribution in [0, 0.1) is 5.92 Å². The Morgan fingerprint density at radius 1 is 1.21 bits per heavy atom. The first-order valence-corrected chi connectivity index (χ1v) is 8.99. The van der Waals surface area contributed by atoms with Gasteiger partial charge >= 0.3 is 0 Å². The number of likely N-dealkylation sites (tertiary alicyclic amines) is 1. The lowest BCUT2D eigenvalue weighted by Crippen LogP contribution is -2.49. The molecule has 0 radical (unpaired) electrons. The number of nitrogens with one attached hydrogen (secondary N) is 1. The fourth-order valence-electron chi connectivity index (χ4n) is 3.45. The van der Waals surface area contributed by atoms with Gasteiger partial charge in [0, 0.05) is 31.4 Å². The van der Waals surface area contributed by atoms with Gasteiger partial charge < -0.3 is 15.1 Å². The highest BCUT2D eigenvalue weighted by atomic mass is 35.5. The minimum absolute atomic E-state index is 0.0532. The molecule has 24 heavy (non-hydrogen) atoms. The van der Waals surface area contributed by atoms with Crippen molar-refractivity contribution in [2.45, 2.75) is 25.3 Å². The first-order chi connectivity index (χ1) is 11.5.